The molecular formula is C19H24N2O3. The van der Waals surface area contributed by atoms with Gasteiger partial charge in [-0.05, 0) is 57.9 Å². The number of rotatable bonds is 1. The third-order valence-electron chi connectivity index (χ3n) is 3.88. The van der Waals surface area contributed by atoms with E-state index in [0.717, 1.165) is 11.3 Å². The Labute approximate surface area is 143 Å². The van der Waals surface area contributed by atoms with Crippen LogP contribution < -0.4 is 10.2 Å². The summed E-state index contributed by atoms with van der Waals surface area (Å²) in [5.41, 5.74) is 1.76. The number of terminal acetylenes is 1. The maximum Gasteiger partial charge on any atom is 0.408 e. The van der Waals surface area contributed by atoms with Crippen LogP contribution in [0.3, 0.4) is 0 Å². The monoisotopic (exact) mass is 328 g/mol. The van der Waals surface area contributed by atoms with E-state index in [0.29, 0.717) is 12.0 Å². The Morgan fingerprint density at radius 2 is 2.04 bits per heavy atom. The van der Waals surface area contributed by atoms with Crippen molar-refractivity contribution in [2.45, 2.75) is 58.7 Å². The van der Waals surface area contributed by atoms with Crippen LogP contribution in [0.4, 0.5) is 10.5 Å². The predicted octanol–water partition coefficient (Wildman–Crippen LogP) is 3.38. The van der Waals surface area contributed by atoms with Crippen molar-refractivity contribution in [3.63, 3.8) is 0 Å². The van der Waals surface area contributed by atoms with Crippen LogP contribution >= 0.6 is 0 Å². The number of carbonyl (C=O) groups excluding carboxylic acids is 2. The molecule has 5 nitrogen and oxygen atoms in total. The van der Waals surface area contributed by atoms with Crippen LogP contribution in [0.25, 0.3) is 0 Å². The van der Waals surface area contributed by atoms with Gasteiger partial charge in [0.2, 0.25) is 5.91 Å². The van der Waals surface area contributed by atoms with E-state index in [4.69, 9.17) is 11.2 Å². The number of nitrogens with zero attached hydrogens (tertiary/aromatic N) is 1. The highest BCUT2D eigenvalue weighted by Crippen LogP contribution is 2.37. The van der Waals surface area contributed by atoms with Gasteiger partial charge in [-0.25, -0.2) is 4.79 Å². The molecule has 24 heavy (non-hydrogen) atoms. The molecule has 0 aromatic heterocycles. The van der Waals surface area contributed by atoms with E-state index in [1.165, 1.54) is 6.92 Å². The van der Waals surface area contributed by atoms with Crippen LogP contribution in [0.5, 0.6) is 0 Å². The fraction of sp³-hybridized carbons (Fsp3) is 0.474. The van der Waals surface area contributed by atoms with Gasteiger partial charge in [0.25, 0.3) is 0 Å². The lowest BCUT2D eigenvalue weighted by atomic mass is 9.90. The fourth-order valence-corrected chi connectivity index (χ4v) is 3.02. The number of carbonyl (C=O) groups is 2. The molecule has 0 aliphatic carbocycles. The van der Waals surface area contributed by atoms with Crippen LogP contribution in [0.1, 0.15) is 58.2 Å². The Morgan fingerprint density at radius 3 is 2.58 bits per heavy atom. The molecule has 1 aliphatic heterocycles. The summed E-state index contributed by atoms with van der Waals surface area (Å²) in [4.78, 5) is 25.9. The molecule has 1 heterocycles. The first-order chi connectivity index (χ1) is 11.1. The second kappa shape index (κ2) is 6.56. The van der Waals surface area contributed by atoms with E-state index in [1.54, 1.807) is 11.0 Å². The van der Waals surface area contributed by atoms with E-state index < -0.39 is 11.7 Å². The zero-order chi connectivity index (χ0) is 18.1. The molecule has 2 atom stereocenters. The van der Waals surface area contributed by atoms with Gasteiger partial charge < -0.3 is 15.0 Å². The van der Waals surface area contributed by atoms with Crippen molar-refractivity contribution >= 4 is 17.7 Å². The number of amides is 2. The van der Waals surface area contributed by atoms with Gasteiger partial charge in [0.05, 0.1) is 6.04 Å². The Bertz CT molecular complexity index is 698. The standard InChI is InChI=1S/C19H24N2O3/c1-7-14-8-9-17-15(11-14)16(10-12(2)21(17)13(3)22)20-18(23)24-19(4,5)6/h1,8-9,11-12,16H,10H2,2-6H3,(H,20,23). The number of nitrogens with one attached hydrogen (secondary N) is 1. The lowest BCUT2D eigenvalue weighted by Gasteiger charge is -2.39. The number of benzene rings is 1. The van der Waals surface area contributed by atoms with Gasteiger partial charge in [-0.2, -0.15) is 0 Å². The lowest BCUT2D eigenvalue weighted by molar-refractivity contribution is -0.117. The molecule has 2 unspecified atom stereocenters. The van der Waals surface area contributed by atoms with Gasteiger partial charge in [-0.1, -0.05) is 5.92 Å². The molecule has 2 amide bonds. The summed E-state index contributed by atoms with van der Waals surface area (Å²) < 4.78 is 5.35. The summed E-state index contributed by atoms with van der Waals surface area (Å²) in [6.07, 6.45) is 5.61. The Hall–Kier alpha value is -2.48. The minimum absolute atomic E-state index is 0.0343. The maximum absolute atomic E-state index is 12.2. The van der Waals surface area contributed by atoms with E-state index >= 15 is 0 Å². The van der Waals surface area contributed by atoms with Crippen molar-refractivity contribution in [1.29, 1.82) is 0 Å². The highest BCUT2D eigenvalue weighted by atomic mass is 16.6. The SMILES string of the molecule is C#Cc1ccc2c(c1)C(NC(=O)OC(C)(C)C)CC(C)N2C(C)=O. The number of hydrogen-bond donors (Lipinski definition) is 1. The van der Waals surface area contributed by atoms with Gasteiger partial charge in [-0.15, -0.1) is 6.42 Å². The number of alkyl carbamates (subject to hydrolysis) is 1. The van der Waals surface area contributed by atoms with Gasteiger partial charge >= 0.3 is 6.09 Å². The maximum atomic E-state index is 12.2. The zero-order valence-electron chi connectivity index (χ0n) is 14.8. The summed E-state index contributed by atoms with van der Waals surface area (Å²) >= 11 is 0. The minimum Gasteiger partial charge on any atom is -0.444 e. The van der Waals surface area contributed by atoms with Crippen molar-refractivity contribution in [1.82, 2.24) is 5.32 Å². The second-order valence-electron chi connectivity index (χ2n) is 7.09. The van der Waals surface area contributed by atoms with Gasteiger partial charge in [-0.3, -0.25) is 4.79 Å². The first-order valence-electron chi connectivity index (χ1n) is 8.02. The first-order valence-corrected chi connectivity index (χ1v) is 8.02. The molecule has 0 fully saturated rings. The second-order valence-corrected chi connectivity index (χ2v) is 7.09. The third kappa shape index (κ3) is 3.88. The average Bonchev–Trinajstić information content (AvgIpc) is 2.44. The van der Waals surface area contributed by atoms with Crippen LogP contribution in [0.15, 0.2) is 18.2 Å². The van der Waals surface area contributed by atoms with E-state index in [-0.39, 0.29) is 18.0 Å². The highest BCUT2D eigenvalue weighted by Gasteiger charge is 2.34. The molecule has 1 aliphatic rings. The van der Waals surface area contributed by atoms with E-state index in [1.807, 2.05) is 39.8 Å². The lowest BCUT2D eigenvalue weighted by Crippen LogP contribution is -2.46. The average molecular weight is 328 g/mol. The molecule has 0 saturated carbocycles. The van der Waals surface area contributed by atoms with Crippen molar-refractivity contribution in [3.8, 4) is 12.3 Å². The zero-order valence-corrected chi connectivity index (χ0v) is 14.8. The van der Waals surface area contributed by atoms with Crippen molar-refractivity contribution in [2.24, 2.45) is 0 Å². The van der Waals surface area contributed by atoms with Crippen LogP contribution in [-0.2, 0) is 9.53 Å². The number of ether oxygens (including phenoxy) is 1. The van der Waals surface area contributed by atoms with E-state index in [2.05, 4.69) is 11.2 Å². The quantitative estimate of drug-likeness (QED) is 0.804. The summed E-state index contributed by atoms with van der Waals surface area (Å²) in [5.74, 6) is 2.56. The Morgan fingerprint density at radius 1 is 1.38 bits per heavy atom. The van der Waals surface area contributed by atoms with Crippen LogP contribution in [0.2, 0.25) is 0 Å². The van der Waals surface area contributed by atoms with Crippen molar-refractivity contribution in [2.75, 3.05) is 4.90 Å². The molecule has 5 heteroatoms. The molecule has 128 valence electrons. The largest absolute Gasteiger partial charge is 0.444 e. The number of hydrogen-bond acceptors (Lipinski definition) is 3. The smallest absolute Gasteiger partial charge is 0.408 e. The molecule has 0 spiro atoms. The molecule has 1 N–H and O–H groups in total. The Kier molecular flexibility index (Phi) is 4.88. The minimum atomic E-state index is -0.570. The van der Waals surface area contributed by atoms with E-state index in [9.17, 15) is 9.59 Å². The van der Waals surface area contributed by atoms with Crippen LogP contribution in [-0.4, -0.2) is 23.6 Å². The molecular weight excluding hydrogens is 304 g/mol. The Balaban J connectivity index is 2.37. The fourth-order valence-electron chi connectivity index (χ4n) is 3.02. The molecule has 0 bridgehead atoms. The predicted molar refractivity (Wildman–Crippen MR) is 93.7 cm³/mol. The third-order valence-corrected chi connectivity index (χ3v) is 3.88. The molecule has 2 rings (SSSR count). The van der Waals surface area contributed by atoms with Gasteiger partial charge in [0.15, 0.2) is 0 Å². The summed E-state index contributed by atoms with van der Waals surface area (Å²) in [5, 5.41) is 2.91. The van der Waals surface area contributed by atoms with Crippen molar-refractivity contribution in [3.05, 3.63) is 29.3 Å². The number of fused-ring (bicyclic) bond motifs is 1. The first kappa shape index (κ1) is 17.9. The summed E-state index contributed by atoms with van der Waals surface area (Å²) in [7, 11) is 0. The van der Waals surface area contributed by atoms with Crippen LogP contribution in [0, 0.1) is 12.3 Å². The van der Waals surface area contributed by atoms with Crippen molar-refractivity contribution < 1.29 is 14.3 Å². The highest BCUT2D eigenvalue weighted by molar-refractivity contribution is 5.94. The van der Waals surface area contributed by atoms with Gasteiger partial charge in [0.1, 0.15) is 5.60 Å². The summed E-state index contributed by atoms with van der Waals surface area (Å²) in [6, 6.07) is 5.20. The molecule has 1 aromatic carbocycles. The number of anilines is 1. The normalized spacial score (nSPS) is 19.9. The summed E-state index contributed by atoms with van der Waals surface area (Å²) in [6.45, 7) is 8.95. The van der Waals surface area contributed by atoms with Gasteiger partial charge in [0, 0.05) is 24.2 Å². The molecule has 0 saturated heterocycles. The molecule has 0 radical (unpaired) electrons. The topological polar surface area (TPSA) is 58.6 Å². The molecule has 1 aromatic rings.